The molecule has 2 aromatic carbocycles. The van der Waals surface area contributed by atoms with Crippen molar-refractivity contribution >= 4 is 11.6 Å². The van der Waals surface area contributed by atoms with Crippen LogP contribution in [-0.2, 0) is 0 Å². The van der Waals surface area contributed by atoms with Crippen molar-refractivity contribution in [1.82, 2.24) is 25.1 Å². The Morgan fingerprint density at radius 2 is 1.59 bits per heavy atom. The third-order valence-corrected chi connectivity index (χ3v) is 4.73. The van der Waals surface area contributed by atoms with Crippen LogP contribution in [0.2, 0.25) is 0 Å². The molecule has 1 aromatic heterocycles. The topological polar surface area (TPSA) is 76.4 Å². The van der Waals surface area contributed by atoms with E-state index in [4.69, 9.17) is 4.74 Å². The van der Waals surface area contributed by atoms with Gasteiger partial charge in [0, 0.05) is 37.4 Å². The minimum atomic E-state index is 0.0487. The molecule has 0 radical (unpaired) electrons. The molecule has 0 N–H and O–H groups in total. The summed E-state index contributed by atoms with van der Waals surface area (Å²) in [6, 6.07) is 15.3. The molecule has 8 nitrogen and oxygen atoms in total. The predicted molar refractivity (Wildman–Crippen MR) is 100 cm³/mol. The van der Waals surface area contributed by atoms with Crippen molar-refractivity contribution in [2.45, 2.75) is 0 Å². The summed E-state index contributed by atoms with van der Waals surface area (Å²) >= 11 is 0. The van der Waals surface area contributed by atoms with Crippen molar-refractivity contribution in [3.05, 3.63) is 60.4 Å². The number of aromatic nitrogens is 4. The Bertz CT molecular complexity index is 885. The molecule has 1 aliphatic rings. The Morgan fingerprint density at radius 1 is 0.926 bits per heavy atom. The maximum atomic E-state index is 12.8. The number of tetrazole rings is 1. The van der Waals surface area contributed by atoms with Gasteiger partial charge in [-0.25, -0.2) is 4.68 Å². The van der Waals surface area contributed by atoms with Gasteiger partial charge < -0.3 is 14.5 Å². The van der Waals surface area contributed by atoms with Gasteiger partial charge in [0.05, 0.1) is 12.8 Å². The standard InChI is InChI=1S/C19H20N6O2/c1-27-18-8-6-16(7-9-18)23-10-12-24(13-11-23)19(26)15-2-4-17(5-3-15)25-14-20-21-22-25/h2-9,14H,10-13H2,1H3. The fraction of sp³-hybridized carbons (Fsp3) is 0.263. The molecule has 0 aliphatic carbocycles. The molecular formula is C19H20N6O2. The maximum Gasteiger partial charge on any atom is 0.253 e. The summed E-state index contributed by atoms with van der Waals surface area (Å²) in [5.74, 6) is 0.894. The molecule has 138 valence electrons. The number of benzene rings is 2. The summed E-state index contributed by atoms with van der Waals surface area (Å²) < 4.78 is 6.76. The second-order valence-corrected chi connectivity index (χ2v) is 6.28. The molecule has 1 aliphatic heterocycles. The van der Waals surface area contributed by atoms with Crippen molar-refractivity contribution in [3.8, 4) is 11.4 Å². The minimum absolute atomic E-state index is 0.0487. The van der Waals surface area contributed by atoms with Gasteiger partial charge in [-0.05, 0) is 59.0 Å². The molecule has 0 atom stereocenters. The van der Waals surface area contributed by atoms with Gasteiger partial charge in [0.15, 0.2) is 0 Å². The minimum Gasteiger partial charge on any atom is -0.497 e. The highest BCUT2D eigenvalue weighted by Crippen LogP contribution is 2.21. The molecule has 8 heteroatoms. The van der Waals surface area contributed by atoms with E-state index < -0.39 is 0 Å². The SMILES string of the molecule is COc1ccc(N2CCN(C(=O)c3ccc(-n4cnnn4)cc3)CC2)cc1. The third kappa shape index (κ3) is 3.59. The van der Waals surface area contributed by atoms with E-state index in [1.165, 1.54) is 6.33 Å². The van der Waals surface area contributed by atoms with E-state index in [0.717, 1.165) is 30.2 Å². The van der Waals surface area contributed by atoms with Gasteiger partial charge in [0.25, 0.3) is 5.91 Å². The van der Waals surface area contributed by atoms with Crippen molar-refractivity contribution in [1.29, 1.82) is 0 Å². The molecular weight excluding hydrogens is 344 g/mol. The molecule has 1 amide bonds. The lowest BCUT2D eigenvalue weighted by Crippen LogP contribution is -2.48. The fourth-order valence-corrected chi connectivity index (χ4v) is 3.18. The van der Waals surface area contributed by atoms with E-state index in [-0.39, 0.29) is 5.91 Å². The molecule has 0 spiro atoms. The second kappa shape index (κ2) is 7.45. The summed E-state index contributed by atoms with van der Waals surface area (Å²) in [5.41, 5.74) is 2.64. The maximum absolute atomic E-state index is 12.8. The Kier molecular flexibility index (Phi) is 4.69. The molecule has 4 rings (SSSR count). The van der Waals surface area contributed by atoms with E-state index >= 15 is 0 Å². The van der Waals surface area contributed by atoms with Gasteiger partial charge >= 0.3 is 0 Å². The van der Waals surface area contributed by atoms with Gasteiger partial charge in [-0.1, -0.05) is 0 Å². The highest BCUT2D eigenvalue weighted by molar-refractivity contribution is 5.94. The average molecular weight is 364 g/mol. The van der Waals surface area contributed by atoms with Crippen LogP contribution in [0.5, 0.6) is 5.75 Å². The number of carbonyl (C=O) groups is 1. The number of methoxy groups -OCH3 is 1. The Hall–Kier alpha value is -3.42. The Balaban J connectivity index is 1.38. The molecule has 0 saturated carbocycles. The third-order valence-electron chi connectivity index (χ3n) is 4.73. The number of piperazine rings is 1. The Labute approximate surface area is 157 Å². The van der Waals surface area contributed by atoms with Crippen molar-refractivity contribution < 1.29 is 9.53 Å². The zero-order valence-electron chi connectivity index (χ0n) is 15.0. The van der Waals surface area contributed by atoms with Crippen LogP contribution >= 0.6 is 0 Å². The average Bonchev–Trinajstić information content (AvgIpc) is 3.28. The van der Waals surface area contributed by atoms with Gasteiger partial charge in [0.1, 0.15) is 12.1 Å². The van der Waals surface area contributed by atoms with E-state index in [1.54, 1.807) is 11.8 Å². The number of amides is 1. The lowest BCUT2D eigenvalue weighted by Gasteiger charge is -2.36. The van der Waals surface area contributed by atoms with E-state index in [1.807, 2.05) is 53.4 Å². The fourth-order valence-electron chi connectivity index (χ4n) is 3.18. The van der Waals surface area contributed by atoms with Gasteiger partial charge in [-0.2, -0.15) is 0 Å². The summed E-state index contributed by atoms with van der Waals surface area (Å²) in [7, 11) is 1.66. The number of rotatable bonds is 4. The number of anilines is 1. The lowest BCUT2D eigenvalue weighted by molar-refractivity contribution is 0.0747. The second-order valence-electron chi connectivity index (χ2n) is 6.28. The smallest absolute Gasteiger partial charge is 0.253 e. The Morgan fingerprint density at radius 3 is 2.19 bits per heavy atom. The van der Waals surface area contributed by atoms with Crippen LogP contribution in [0.15, 0.2) is 54.9 Å². The molecule has 3 aromatic rings. The highest BCUT2D eigenvalue weighted by atomic mass is 16.5. The molecule has 0 bridgehead atoms. The van der Waals surface area contributed by atoms with Crippen LogP contribution in [0.4, 0.5) is 5.69 Å². The molecule has 27 heavy (non-hydrogen) atoms. The summed E-state index contributed by atoms with van der Waals surface area (Å²) in [4.78, 5) is 16.9. The number of carbonyl (C=O) groups excluding carboxylic acids is 1. The predicted octanol–water partition coefficient (Wildman–Crippen LogP) is 1.63. The number of nitrogens with zero attached hydrogens (tertiary/aromatic N) is 6. The van der Waals surface area contributed by atoms with E-state index in [9.17, 15) is 4.79 Å². The van der Waals surface area contributed by atoms with E-state index in [2.05, 4.69) is 20.4 Å². The summed E-state index contributed by atoms with van der Waals surface area (Å²) in [6.07, 6.45) is 1.52. The number of hydrogen-bond acceptors (Lipinski definition) is 6. The van der Waals surface area contributed by atoms with Crippen LogP contribution < -0.4 is 9.64 Å². The quantitative estimate of drug-likeness (QED) is 0.700. The summed E-state index contributed by atoms with van der Waals surface area (Å²) in [6.45, 7) is 3.00. The monoisotopic (exact) mass is 364 g/mol. The highest BCUT2D eigenvalue weighted by Gasteiger charge is 2.22. The van der Waals surface area contributed by atoms with Crippen molar-refractivity contribution in [2.24, 2.45) is 0 Å². The van der Waals surface area contributed by atoms with Crippen LogP contribution in [0.1, 0.15) is 10.4 Å². The molecule has 1 fully saturated rings. The molecule has 0 unspecified atom stereocenters. The first-order chi connectivity index (χ1) is 13.2. The first kappa shape index (κ1) is 17.0. The van der Waals surface area contributed by atoms with Crippen LogP contribution in [-0.4, -0.2) is 64.3 Å². The lowest BCUT2D eigenvalue weighted by atomic mass is 10.1. The van der Waals surface area contributed by atoms with E-state index in [0.29, 0.717) is 18.7 Å². The molecule has 2 heterocycles. The van der Waals surface area contributed by atoms with Gasteiger partial charge in [-0.3, -0.25) is 4.79 Å². The van der Waals surface area contributed by atoms with Crippen molar-refractivity contribution in [3.63, 3.8) is 0 Å². The van der Waals surface area contributed by atoms with Gasteiger partial charge in [0.2, 0.25) is 0 Å². The first-order valence-electron chi connectivity index (χ1n) is 8.76. The number of ether oxygens (including phenoxy) is 1. The zero-order valence-corrected chi connectivity index (χ0v) is 15.0. The first-order valence-corrected chi connectivity index (χ1v) is 8.76. The van der Waals surface area contributed by atoms with Crippen LogP contribution in [0.3, 0.4) is 0 Å². The van der Waals surface area contributed by atoms with Crippen molar-refractivity contribution in [2.75, 3.05) is 38.2 Å². The van der Waals surface area contributed by atoms with Gasteiger partial charge in [-0.15, -0.1) is 5.10 Å². The normalized spacial score (nSPS) is 14.3. The zero-order chi connectivity index (χ0) is 18.6. The summed E-state index contributed by atoms with van der Waals surface area (Å²) in [5, 5.41) is 11.1. The van der Waals surface area contributed by atoms with Crippen LogP contribution in [0.25, 0.3) is 5.69 Å². The van der Waals surface area contributed by atoms with Crippen LogP contribution in [0, 0.1) is 0 Å². The largest absolute Gasteiger partial charge is 0.497 e. The molecule has 1 saturated heterocycles. The number of hydrogen-bond donors (Lipinski definition) is 0.